The maximum Gasteiger partial charge on any atom is 0.233 e. The molecule has 2 aliphatic heterocycles. The quantitative estimate of drug-likeness (QED) is 0.861. The van der Waals surface area contributed by atoms with Gasteiger partial charge in [-0.3, -0.25) is 4.79 Å². The molecule has 3 fully saturated rings. The van der Waals surface area contributed by atoms with Gasteiger partial charge in [0, 0.05) is 19.0 Å². The summed E-state index contributed by atoms with van der Waals surface area (Å²) >= 11 is 0. The third-order valence-electron chi connectivity index (χ3n) is 5.59. The first-order chi connectivity index (χ1) is 11.2. The van der Waals surface area contributed by atoms with Crippen LogP contribution in [-0.2, 0) is 19.7 Å². The topological polar surface area (TPSA) is 38.8 Å². The summed E-state index contributed by atoms with van der Waals surface area (Å²) in [5, 5.41) is 0. The number of carbonyl (C=O) groups is 1. The predicted octanol–water partition coefficient (Wildman–Crippen LogP) is 2.64. The molecule has 1 aromatic carbocycles. The Bertz CT molecular complexity index is 582. The summed E-state index contributed by atoms with van der Waals surface area (Å²) in [6.07, 6.45) is 3.91. The maximum absolute atomic E-state index is 13.1. The van der Waals surface area contributed by atoms with Crippen molar-refractivity contribution in [3.05, 3.63) is 35.4 Å². The van der Waals surface area contributed by atoms with Crippen LogP contribution >= 0.6 is 0 Å². The van der Waals surface area contributed by atoms with Gasteiger partial charge in [0.25, 0.3) is 0 Å². The Balaban J connectivity index is 1.42. The Hall–Kier alpha value is -1.39. The fourth-order valence-corrected chi connectivity index (χ4v) is 4.02. The van der Waals surface area contributed by atoms with Crippen LogP contribution in [-0.4, -0.2) is 43.4 Å². The van der Waals surface area contributed by atoms with Gasteiger partial charge in [-0.05, 0) is 38.2 Å². The molecular formula is C19H25NO3. The first-order valence-corrected chi connectivity index (χ1v) is 8.79. The van der Waals surface area contributed by atoms with Gasteiger partial charge in [-0.15, -0.1) is 0 Å². The lowest BCUT2D eigenvalue weighted by Gasteiger charge is -2.36. The summed E-state index contributed by atoms with van der Waals surface area (Å²) in [4.78, 5) is 15.2. The van der Waals surface area contributed by atoms with Crippen LogP contribution in [0.4, 0.5) is 0 Å². The van der Waals surface area contributed by atoms with E-state index in [2.05, 4.69) is 36.1 Å². The normalized spacial score (nSPS) is 24.8. The van der Waals surface area contributed by atoms with Gasteiger partial charge in [0.2, 0.25) is 5.91 Å². The van der Waals surface area contributed by atoms with Crippen LogP contribution in [0.25, 0.3) is 0 Å². The van der Waals surface area contributed by atoms with E-state index in [9.17, 15) is 4.79 Å². The number of likely N-dealkylation sites (tertiary alicyclic amines) is 1. The molecular weight excluding hydrogens is 290 g/mol. The Morgan fingerprint density at radius 3 is 2.48 bits per heavy atom. The highest BCUT2D eigenvalue weighted by molar-refractivity contribution is 5.91. The highest BCUT2D eigenvalue weighted by Gasteiger charge is 2.53. The first-order valence-electron chi connectivity index (χ1n) is 8.79. The maximum atomic E-state index is 13.1. The van der Waals surface area contributed by atoms with Crippen molar-refractivity contribution in [1.29, 1.82) is 0 Å². The minimum absolute atomic E-state index is 0.0427. The van der Waals surface area contributed by atoms with E-state index in [-0.39, 0.29) is 11.7 Å². The van der Waals surface area contributed by atoms with E-state index >= 15 is 0 Å². The summed E-state index contributed by atoms with van der Waals surface area (Å²) in [6.45, 7) is 5.18. The number of benzene rings is 1. The lowest BCUT2D eigenvalue weighted by Crippen LogP contribution is -2.45. The molecule has 0 N–H and O–H groups in total. The largest absolute Gasteiger partial charge is 0.350 e. The van der Waals surface area contributed by atoms with Crippen LogP contribution in [0.2, 0.25) is 0 Å². The molecule has 4 heteroatoms. The Morgan fingerprint density at radius 2 is 1.87 bits per heavy atom. The first kappa shape index (κ1) is 15.2. The molecule has 3 aliphatic rings. The molecule has 4 nitrogen and oxygen atoms in total. The van der Waals surface area contributed by atoms with Gasteiger partial charge in [0.05, 0.1) is 18.6 Å². The Kier molecular flexibility index (Phi) is 3.90. The molecule has 2 saturated heterocycles. The molecule has 0 spiro atoms. The average Bonchev–Trinajstić information content (AvgIpc) is 3.21. The number of nitrogens with zero attached hydrogens (tertiary/aromatic N) is 1. The minimum atomic E-state index is -0.237. The number of ether oxygens (including phenoxy) is 2. The second kappa shape index (κ2) is 5.91. The van der Waals surface area contributed by atoms with Crippen molar-refractivity contribution in [2.45, 2.75) is 44.3 Å². The molecule has 124 valence electrons. The van der Waals surface area contributed by atoms with Crippen LogP contribution in [0, 0.1) is 12.8 Å². The summed E-state index contributed by atoms with van der Waals surface area (Å²) in [5.74, 6) is 0.769. The average molecular weight is 315 g/mol. The van der Waals surface area contributed by atoms with Gasteiger partial charge < -0.3 is 14.4 Å². The van der Waals surface area contributed by atoms with Crippen molar-refractivity contribution in [2.24, 2.45) is 5.92 Å². The number of amides is 1. The molecule has 0 bridgehead atoms. The van der Waals surface area contributed by atoms with Gasteiger partial charge in [-0.25, -0.2) is 0 Å². The molecule has 1 aromatic rings. The zero-order valence-corrected chi connectivity index (χ0v) is 13.8. The predicted molar refractivity (Wildman–Crippen MR) is 87.1 cm³/mol. The van der Waals surface area contributed by atoms with E-state index in [0.717, 1.165) is 38.8 Å². The van der Waals surface area contributed by atoms with Gasteiger partial charge in [0.15, 0.2) is 6.29 Å². The van der Waals surface area contributed by atoms with E-state index in [4.69, 9.17) is 9.47 Å². The Morgan fingerprint density at radius 1 is 1.17 bits per heavy atom. The minimum Gasteiger partial charge on any atom is -0.350 e. The summed E-state index contributed by atoms with van der Waals surface area (Å²) in [5.41, 5.74) is 2.20. The van der Waals surface area contributed by atoms with Gasteiger partial charge in [0.1, 0.15) is 0 Å². The summed E-state index contributed by atoms with van der Waals surface area (Å²) in [7, 11) is 0. The Labute approximate surface area is 137 Å². The summed E-state index contributed by atoms with van der Waals surface area (Å²) < 4.78 is 11.2. The van der Waals surface area contributed by atoms with Crippen LogP contribution in [0.1, 0.15) is 36.8 Å². The van der Waals surface area contributed by atoms with Crippen LogP contribution < -0.4 is 0 Å². The monoisotopic (exact) mass is 315 g/mol. The zero-order valence-electron chi connectivity index (χ0n) is 13.8. The standard InChI is InChI=1S/C19H25NO3/c1-14-3-2-4-16(13-14)19(7-8-19)18(21)20-9-5-15(6-10-20)17-22-11-12-23-17/h2-4,13,15,17H,5-12H2,1H3. The lowest BCUT2D eigenvalue weighted by molar-refractivity contribution is -0.139. The van der Waals surface area contributed by atoms with Gasteiger partial charge in [-0.1, -0.05) is 29.8 Å². The highest BCUT2D eigenvalue weighted by Crippen LogP contribution is 2.50. The molecule has 1 saturated carbocycles. The van der Waals surface area contributed by atoms with E-state index < -0.39 is 0 Å². The number of piperidine rings is 1. The van der Waals surface area contributed by atoms with E-state index in [1.54, 1.807) is 0 Å². The van der Waals surface area contributed by atoms with Crippen molar-refractivity contribution < 1.29 is 14.3 Å². The summed E-state index contributed by atoms with van der Waals surface area (Å²) in [6, 6.07) is 8.46. The SMILES string of the molecule is Cc1cccc(C2(C(=O)N3CCC(C4OCCO4)CC3)CC2)c1. The molecule has 4 rings (SSSR count). The second-order valence-electron chi connectivity index (χ2n) is 7.19. The van der Waals surface area contributed by atoms with E-state index in [1.807, 2.05) is 0 Å². The van der Waals surface area contributed by atoms with Gasteiger partial charge in [-0.2, -0.15) is 0 Å². The number of carbonyl (C=O) groups excluding carboxylic acids is 1. The third kappa shape index (κ3) is 2.79. The number of hydrogen-bond acceptors (Lipinski definition) is 3. The van der Waals surface area contributed by atoms with E-state index in [1.165, 1.54) is 11.1 Å². The van der Waals surface area contributed by atoms with Crippen molar-refractivity contribution in [3.8, 4) is 0 Å². The number of aryl methyl sites for hydroxylation is 1. The molecule has 1 amide bonds. The number of hydrogen-bond donors (Lipinski definition) is 0. The van der Waals surface area contributed by atoms with Crippen LogP contribution in [0.5, 0.6) is 0 Å². The van der Waals surface area contributed by atoms with Crippen molar-refractivity contribution in [2.75, 3.05) is 26.3 Å². The van der Waals surface area contributed by atoms with Crippen molar-refractivity contribution in [1.82, 2.24) is 4.90 Å². The second-order valence-corrected chi connectivity index (χ2v) is 7.19. The molecule has 1 aliphatic carbocycles. The highest BCUT2D eigenvalue weighted by atomic mass is 16.7. The molecule has 0 aromatic heterocycles. The third-order valence-corrected chi connectivity index (χ3v) is 5.59. The zero-order chi connectivity index (χ0) is 15.9. The van der Waals surface area contributed by atoms with Crippen LogP contribution in [0.3, 0.4) is 0 Å². The molecule has 2 heterocycles. The van der Waals surface area contributed by atoms with Crippen molar-refractivity contribution >= 4 is 5.91 Å². The fourth-order valence-electron chi connectivity index (χ4n) is 4.02. The lowest BCUT2D eigenvalue weighted by atomic mass is 9.90. The van der Waals surface area contributed by atoms with Gasteiger partial charge >= 0.3 is 0 Å². The number of rotatable bonds is 3. The molecule has 0 radical (unpaired) electrons. The smallest absolute Gasteiger partial charge is 0.233 e. The molecule has 23 heavy (non-hydrogen) atoms. The fraction of sp³-hybridized carbons (Fsp3) is 0.632. The van der Waals surface area contributed by atoms with Crippen LogP contribution in [0.15, 0.2) is 24.3 Å². The molecule has 0 unspecified atom stereocenters. The van der Waals surface area contributed by atoms with E-state index in [0.29, 0.717) is 25.0 Å². The molecule has 0 atom stereocenters. The van der Waals surface area contributed by atoms with Crippen molar-refractivity contribution in [3.63, 3.8) is 0 Å².